The predicted molar refractivity (Wildman–Crippen MR) is 213 cm³/mol. The normalized spacial score (nSPS) is 12.3. The maximum atomic E-state index is 12.6. The van der Waals surface area contributed by atoms with Gasteiger partial charge in [-0.2, -0.15) is 42.0 Å². The van der Waals surface area contributed by atoms with Gasteiger partial charge >= 0.3 is 5.97 Å². The number of esters is 1. The maximum absolute atomic E-state index is 12.6. The van der Waals surface area contributed by atoms with Crippen molar-refractivity contribution in [2.75, 3.05) is 28.4 Å². The van der Waals surface area contributed by atoms with Crippen molar-refractivity contribution in [3.8, 4) is 23.1 Å². The molecule has 0 spiro atoms. The predicted octanol–water partition coefficient (Wildman–Crippen LogP) is 8.36. The van der Waals surface area contributed by atoms with Gasteiger partial charge in [-0.05, 0) is 78.2 Å². The van der Waals surface area contributed by atoms with Crippen LogP contribution in [0.15, 0.2) is 136 Å². The molecule has 22 nitrogen and oxygen atoms in total. The van der Waals surface area contributed by atoms with Crippen molar-refractivity contribution in [1.29, 1.82) is 0 Å². The lowest BCUT2D eigenvalue weighted by Gasteiger charge is -2.10. The Morgan fingerprint density at radius 1 is 0.689 bits per heavy atom. The fourth-order valence-corrected chi connectivity index (χ4v) is 7.08. The summed E-state index contributed by atoms with van der Waals surface area (Å²) in [5.41, 5.74) is -0.341. The van der Waals surface area contributed by atoms with E-state index < -0.39 is 43.5 Å². The minimum Gasteiger partial charge on any atom is -0.506 e. The zero-order valence-electron chi connectivity index (χ0n) is 31.8. The number of aromatic hydroxyl groups is 3. The number of azo groups is 3. The first-order valence-corrected chi connectivity index (χ1v) is 20.4. The number of rotatable bonds is 16. The number of hydrogen-bond donors (Lipinski definition) is 3. The van der Waals surface area contributed by atoms with Crippen molar-refractivity contribution >= 4 is 83.1 Å². The summed E-state index contributed by atoms with van der Waals surface area (Å²) in [5.74, 6) is -2.40. The van der Waals surface area contributed by atoms with Crippen LogP contribution in [0.5, 0.6) is 17.4 Å². The Bertz CT molecular complexity index is 2940. The molecule has 0 saturated heterocycles. The van der Waals surface area contributed by atoms with Crippen LogP contribution in [-0.4, -0.2) is 76.3 Å². The smallest absolute Gasteiger partial charge is 0.361 e. The summed E-state index contributed by atoms with van der Waals surface area (Å²) >= 11 is 0.619. The van der Waals surface area contributed by atoms with Crippen LogP contribution in [0.1, 0.15) is 10.5 Å². The van der Waals surface area contributed by atoms with Crippen molar-refractivity contribution in [3.63, 3.8) is 0 Å². The molecule has 0 aliphatic rings. The summed E-state index contributed by atoms with van der Waals surface area (Å²) in [4.78, 5) is 17.0. The minimum atomic E-state index is -4.01. The van der Waals surface area contributed by atoms with Gasteiger partial charge in [-0.3, -0.25) is 8.37 Å². The van der Waals surface area contributed by atoms with Gasteiger partial charge in [0.2, 0.25) is 11.6 Å². The zero-order valence-corrected chi connectivity index (χ0v) is 34.2. The molecule has 1 heterocycles. The van der Waals surface area contributed by atoms with Gasteiger partial charge in [-0.25, -0.2) is 9.68 Å². The average molecular weight is 895 g/mol. The molecule has 316 valence electrons. The Kier molecular flexibility index (Phi) is 13.4. The molecule has 0 fully saturated rings. The molecule has 0 aliphatic carbocycles. The van der Waals surface area contributed by atoms with Gasteiger partial charge in [0.15, 0.2) is 11.4 Å². The van der Waals surface area contributed by atoms with Gasteiger partial charge in [0.25, 0.3) is 20.2 Å². The molecule has 0 saturated carbocycles. The van der Waals surface area contributed by atoms with E-state index >= 15 is 0 Å². The van der Waals surface area contributed by atoms with E-state index in [1.165, 1.54) is 86.0 Å². The second kappa shape index (κ2) is 18.7. The Balaban J connectivity index is 1.31. The molecule has 6 aromatic rings. The van der Waals surface area contributed by atoms with Crippen LogP contribution in [0.25, 0.3) is 16.5 Å². The number of ether oxygens (including phenoxy) is 1. The summed E-state index contributed by atoms with van der Waals surface area (Å²) in [5, 5.41) is 67.1. The lowest BCUT2D eigenvalue weighted by atomic mass is 10.1. The van der Waals surface area contributed by atoms with Crippen LogP contribution >= 0.6 is 12.0 Å². The standard InChI is InChI=1S/C36H30N8O14S3/c1-53-36(48)33-32(35(47)44(43-33)24-11-13-25(14-12-24)60(49,50)55-3)42-39-22-9-8-20-16-30(59-58-57-54-2)31(34(46)27(20)18-22)41-40-28-15-10-23(19-29(28)45)38-37-21-6-5-7-26(17-21)61(51,52)56-4/h5-19,45-47H,1-4H3. The number of hydrogen-bond acceptors (Lipinski definition) is 22. The zero-order chi connectivity index (χ0) is 43.9. The Hall–Kier alpha value is -6.71. The van der Waals surface area contributed by atoms with Gasteiger partial charge in [0.1, 0.15) is 17.1 Å². The number of carbonyl (C=O) groups excluding carboxylic acids is 1. The number of fused-ring (bicyclic) bond motifs is 1. The van der Waals surface area contributed by atoms with Gasteiger partial charge < -0.3 is 20.1 Å². The average Bonchev–Trinajstić information content (AvgIpc) is 3.60. The number of carbonyl (C=O) groups is 1. The molecule has 5 aromatic carbocycles. The van der Waals surface area contributed by atoms with Crippen molar-refractivity contribution in [2.24, 2.45) is 30.7 Å². The third-order valence-electron chi connectivity index (χ3n) is 8.15. The van der Waals surface area contributed by atoms with Gasteiger partial charge in [-0.15, -0.1) is 19.7 Å². The molecule has 0 aliphatic heterocycles. The fourth-order valence-electron chi connectivity index (χ4n) is 5.17. The molecule has 1 aromatic heterocycles. The van der Waals surface area contributed by atoms with E-state index in [2.05, 4.69) is 54.1 Å². The van der Waals surface area contributed by atoms with Crippen molar-refractivity contribution in [1.82, 2.24) is 9.78 Å². The Morgan fingerprint density at radius 2 is 1.33 bits per heavy atom. The van der Waals surface area contributed by atoms with E-state index in [0.29, 0.717) is 17.4 Å². The highest BCUT2D eigenvalue weighted by molar-refractivity contribution is 7.94. The molecular weight excluding hydrogens is 865 g/mol. The lowest BCUT2D eigenvalue weighted by Crippen LogP contribution is -2.05. The van der Waals surface area contributed by atoms with E-state index in [1.807, 2.05) is 0 Å². The Morgan fingerprint density at radius 3 is 2.00 bits per heavy atom. The quantitative estimate of drug-likeness (QED) is 0.0156. The number of phenols is 2. The van der Waals surface area contributed by atoms with E-state index in [0.717, 1.165) is 26.0 Å². The summed E-state index contributed by atoms with van der Waals surface area (Å²) in [6.07, 6.45) is 0. The second-order valence-electron chi connectivity index (χ2n) is 11.8. The largest absolute Gasteiger partial charge is 0.506 e. The highest BCUT2D eigenvalue weighted by Gasteiger charge is 2.26. The summed E-state index contributed by atoms with van der Waals surface area (Å²) in [7, 11) is -3.62. The summed E-state index contributed by atoms with van der Waals surface area (Å²) in [6, 6.07) is 20.7. The van der Waals surface area contributed by atoms with E-state index in [1.54, 1.807) is 12.1 Å². The SMILES string of the molecule is COOOSc1cc2ccc(N=Nc3c(C(=O)OC)nn(-c4ccc(S(=O)(=O)OC)cc4)c3O)cc2c(O)c1N=Nc1ccc(N=Nc2cccc(S(=O)(=O)OC)c2)cc1O. The molecule has 0 amide bonds. The van der Waals surface area contributed by atoms with Crippen LogP contribution in [0, 0.1) is 0 Å². The Labute approximate surface area is 349 Å². The van der Waals surface area contributed by atoms with E-state index in [9.17, 15) is 36.9 Å². The minimum absolute atomic E-state index is 0.0445. The first kappa shape index (κ1) is 43.9. The maximum Gasteiger partial charge on any atom is 0.361 e. The molecule has 0 unspecified atom stereocenters. The number of benzene rings is 5. The van der Waals surface area contributed by atoms with Gasteiger partial charge in [-0.1, -0.05) is 17.2 Å². The number of nitrogens with zero attached hydrogens (tertiary/aromatic N) is 8. The monoisotopic (exact) mass is 894 g/mol. The molecule has 0 radical (unpaired) electrons. The topological polar surface area (TPSA) is 293 Å². The van der Waals surface area contributed by atoms with Crippen molar-refractivity contribution in [3.05, 3.63) is 96.7 Å². The van der Waals surface area contributed by atoms with Crippen molar-refractivity contribution < 1.29 is 64.3 Å². The number of methoxy groups -OCH3 is 1. The van der Waals surface area contributed by atoms with Gasteiger partial charge in [0, 0.05) is 11.5 Å². The van der Waals surface area contributed by atoms with Gasteiger partial charge in [0.05, 0.1) is 77.9 Å². The summed E-state index contributed by atoms with van der Waals surface area (Å²) < 4.78 is 67.9. The van der Waals surface area contributed by atoms with Crippen LogP contribution in [0.4, 0.5) is 34.1 Å². The van der Waals surface area contributed by atoms with Crippen LogP contribution in [0.3, 0.4) is 0 Å². The van der Waals surface area contributed by atoms with Crippen molar-refractivity contribution in [2.45, 2.75) is 14.7 Å². The third kappa shape index (κ3) is 9.85. The fraction of sp³-hybridized carbons (Fsp3) is 0.111. The van der Waals surface area contributed by atoms with E-state index in [-0.39, 0.29) is 65.6 Å². The highest BCUT2D eigenvalue weighted by Crippen LogP contribution is 2.46. The van der Waals surface area contributed by atoms with Crippen LogP contribution in [0.2, 0.25) is 0 Å². The first-order chi connectivity index (χ1) is 29.2. The molecule has 6 rings (SSSR count). The molecule has 0 bridgehead atoms. The molecule has 25 heteroatoms. The highest BCUT2D eigenvalue weighted by atomic mass is 32.2. The molecule has 3 N–H and O–H groups in total. The number of aromatic nitrogens is 2. The molecule has 61 heavy (non-hydrogen) atoms. The first-order valence-electron chi connectivity index (χ1n) is 16.8. The summed E-state index contributed by atoms with van der Waals surface area (Å²) in [6.45, 7) is 0. The molecule has 0 atom stereocenters. The van der Waals surface area contributed by atoms with Crippen LogP contribution < -0.4 is 0 Å². The van der Waals surface area contributed by atoms with Crippen LogP contribution in [-0.2, 0) is 47.6 Å². The van der Waals surface area contributed by atoms with E-state index in [4.69, 9.17) is 9.07 Å². The second-order valence-corrected chi connectivity index (χ2v) is 16.0. The number of phenolic OH excluding ortho intramolecular Hbond substituents is 2. The lowest BCUT2D eigenvalue weighted by molar-refractivity contribution is -0.447. The molecular formula is C36H30N8O14S3. The third-order valence-corrected chi connectivity index (χ3v) is 11.3.